The van der Waals surface area contributed by atoms with Crippen LogP contribution in [-0.4, -0.2) is 45.9 Å². The molecule has 9 nitrogen and oxygen atoms in total. The van der Waals surface area contributed by atoms with Gasteiger partial charge in [-0.25, -0.2) is 9.18 Å². The maximum Gasteiger partial charge on any atom is 0.316 e. The van der Waals surface area contributed by atoms with Crippen LogP contribution in [0.5, 0.6) is 0 Å². The average Bonchev–Trinajstić information content (AvgIpc) is 3.80. The van der Waals surface area contributed by atoms with Gasteiger partial charge in [0, 0.05) is 29.9 Å². The second-order valence-corrected chi connectivity index (χ2v) is 16.0. The van der Waals surface area contributed by atoms with E-state index in [-0.39, 0.29) is 18.7 Å². The first-order chi connectivity index (χ1) is 22.7. The summed E-state index contributed by atoms with van der Waals surface area (Å²) < 4.78 is 38.0. The first-order valence-electron chi connectivity index (χ1n) is 15.9. The summed E-state index contributed by atoms with van der Waals surface area (Å²) in [6.07, 6.45) is 3.04. The van der Waals surface area contributed by atoms with Crippen LogP contribution in [0.25, 0.3) is 0 Å². The SMILES string of the molecule is COC1CN(C(N)=O)C(C(=O)Nc2cc(C(CCC3CC3)(N[S+]([O-])C(C)(C)C)c3cccc(C#N)c3)ccc2F)(c2ccc(Cl)cc2)C1. The number of halogens is 2. The second kappa shape index (κ2) is 14.1. The van der Waals surface area contributed by atoms with E-state index in [0.29, 0.717) is 39.6 Å². The normalized spacial score (nSPS) is 21.3. The molecule has 4 N–H and O–H groups in total. The van der Waals surface area contributed by atoms with Gasteiger partial charge in [-0.15, -0.1) is 4.72 Å². The number of ether oxygens (including phenoxy) is 1. The lowest BCUT2D eigenvalue weighted by atomic mass is 9.78. The van der Waals surface area contributed by atoms with Crippen molar-refractivity contribution in [2.45, 2.75) is 74.8 Å². The van der Waals surface area contributed by atoms with E-state index in [9.17, 15) is 19.4 Å². The Morgan fingerprint density at radius 2 is 1.83 bits per heavy atom. The molecule has 254 valence electrons. The molecule has 1 heterocycles. The minimum atomic E-state index is -1.63. The van der Waals surface area contributed by atoms with Crippen molar-refractivity contribution in [2.24, 2.45) is 11.7 Å². The number of nitriles is 1. The first-order valence-corrected chi connectivity index (χ1v) is 17.4. The van der Waals surface area contributed by atoms with Crippen LogP contribution in [0.3, 0.4) is 0 Å². The highest BCUT2D eigenvalue weighted by Gasteiger charge is 2.55. The Labute approximate surface area is 289 Å². The number of methoxy groups -OCH3 is 1. The summed E-state index contributed by atoms with van der Waals surface area (Å²) in [7, 11) is 1.49. The van der Waals surface area contributed by atoms with E-state index < -0.39 is 51.0 Å². The Balaban J connectivity index is 1.64. The fourth-order valence-electron chi connectivity index (χ4n) is 6.37. The minimum absolute atomic E-state index is 0.0481. The third-order valence-electron chi connectivity index (χ3n) is 9.31. The van der Waals surface area contributed by atoms with Crippen molar-refractivity contribution in [3.05, 3.63) is 99.8 Å². The number of carbonyl (C=O) groups is 2. The molecule has 48 heavy (non-hydrogen) atoms. The third kappa shape index (κ3) is 7.19. The van der Waals surface area contributed by atoms with E-state index in [4.69, 9.17) is 22.1 Å². The Kier molecular flexibility index (Phi) is 10.4. The lowest BCUT2D eigenvalue weighted by Crippen LogP contribution is -2.54. The van der Waals surface area contributed by atoms with Crippen molar-refractivity contribution in [2.75, 3.05) is 19.0 Å². The number of likely N-dealkylation sites (tertiary alicyclic amines) is 1. The van der Waals surface area contributed by atoms with Gasteiger partial charge < -0.3 is 25.2 Å². The van der Waals surface area contributed by atoms with Crippen LogP contribution in [0.1, 0.15) is 75.1 Å². The molecule has 4 unspecified atom stereocenters. The average molecular weight is 694 g/mol. The van der Waals surface area contributed by atoms with E-state index in [1.807, 2.05) is 26.8 Å². The monoisotopic (exact) mass is 693 g/mol. The van der Waals surface area contributed by atoms with Gasteiger partial charge in [0.05, 0.1) is 30.0 Å². The lowest BCUT2D eigenvalue weighted by Gasteiger charge is -2.39. The number of hydrogen-bond donors (Lipinski definition) is 3. The first kappa shape index (κ1) is 35.6. The Morgan fingerprint density at radius 1 is 1.15 bits per heavy atom. The highest BCUT2D eigenvalue weighted by atomic mass is 35.5. The predicted octanol–water partition coefficient (Wildman–Crippen LogP) is 6.47. The molecule has 0 bridgehead atoms. The van der Waals surface area contributed by atoms with Gasteiger partial charge in [-0.1, -0.05) is 54.8 Å². The van der Waals surface area contributed by atoms with Crippen LogP contribution in [0.2, 0.25) is 5.02 Å². The van der Waals surface area contributed by atoms with Gasteiger partial charge in [-0.05, 0) is 92.6 Å². The van der Waals surface area contributed by atoms with Crippen molar-refractivity contribution >= 4 is 40.6 Å². The lowest BCUT2D eigenvalue weighted by molar-refractivity contribution is -0.125. The number of amides is 3. The van der Waals surface area contributed by atoms with Crippen LogP contribution < -0.4 is 15.8 Å². The van der Waals surface area contributed by atoms with Crippen LogP contribution in [0.15, 0.2) is 66.7 Å². The minimum Gasteiger partial charge on any atom is -0.598 e. The van der Waals surface area contributed by atoms with Gasteiger partial charge in [-0.3, -0.25) is 4.79 Å². The molecule has 5 rings (SSSR count). The molecule has 0 aromatic heterocycles. The molecule has 3 amide bonds. The molecule has 1 aliphatic carbocycles. The number of nitrogens with one attached hydrogen (secondary N) is 2. The largest absolute Gasteiger partial charge is 0.598 e. The highest BCUT2D eigenvalue weighted by Crippen LogP contribution is 2.45. The highest BCUT2D eigenvalue weighted by molar-refractivity contribution is 7.90. The van der Waals surface area contributed by atoms with E-state index in [2.05, 4.69) is 16.1 Å². The van der Waals surface area contributed by atoms with E-state index in [1.54, 1.807) is 54.6 Å². The topological polar surface area (TPSA) is 144 Å². The van der Waals surface area contributed by atoms with Crippen molar-refractivity contribution in [3.63, 3.8) is 0 Å². The van der Waals surface area contributed by atoms with Gasteiger partial charge in [0.25, 0.3) is 5.91 Å². The summed E-state index contributed by atoms with van der Waals surface area (Å²) in [5.41, 5.74) is 5.07. The Morgan fingerprint density at radius 3 is 2.44 bits per heavy atom. The summed E-state index contributed by atoms with van der Waals surface area (Å²) in [5.74, 6) is -0.882. The number of rotatable bonds is 11. The fourth-order valence-corrected chi connectivity index (χ4v) is 7.46. The van der Waals surface area contributed by atoms with Gasteiger partial charge >= 0.3 is 6.03 Å². The smallest absolute Gasteiger partial charge is 0.316 e. The van der Waals surface area contributed by atoms with E-state index in [0.717, 1.165) is 19.3 Å². The summed E-state index contributed by atoms with van der Waals surface area (Å²) in [6.45, 7) is 5.63. The molecule has 4 atom stereocenters. The fraction of sp³-hybridized carbons (Fsp3) is 0.417. The summed E-state index contributed by atoms with van der Waals surface area (Å²) in [5, 5.41) is 13.0. The number of hydrogen-bond acceptors (Lipinski definition) is 6. The maximum atomic E-state index is 15.8. The van der Waals surface area contributed by atoms with Crippen molar-refractivity contribution in [1.82, 2.24) is 9.62 Å². The van der Waals surface area contributed by atoms with E-state index >= 15 is 4.39 Å². The number of nitrogens with two attached hydrogens (primary N) is 1. The zero-order valence-electron chi connectivity index (χ0n) is 27.5. The van der Waals surface area contributed by atoms with Crippen LogP contribution >= 0.6 is 11.6 Å². The van der Waals surface area contributed by atoms with Crippen molar-refractivity contribution in [1.29, 1.82) is 5.26 Å². The summed E-state index contributed by atoms with van der Waals surface area (Å²) >= 11 is 4.59. The molecule has 2 fully saturated rings. The van der Waals surface area contributed by atoms with Gasteiger partial charge in [0.15, 0.2) is 5.54 Å². The van der Waals surface area contributed by atoms with Crippen molar-refractivity contribution in [3.8, 4) is 6.07 Å². The number of primary amides is 1. The molecule has 1 saturated heterocycles. The number of benzene rings is 3. The number of carbonyl (C=O) groups excluding carboxylic acids is 2. The van der Waals surface area contributed by atoms with Gasteiger partial charge in [-0.2, -0.15) is 5.26 Å². The summed E-state index contributed by atoms with van der Waals surface area (Å²) in [6, 6.07) is 19.4. The molecular weight excluding hydrogens is 653 g/mol. The molecule has 0 radical (unpaired) electrons. The molecule has 2 aliphatic rings. The van der Waals surface area contributed by atoms with Gasteiger partial charge in [0.2, 0.25) is 0 Å². The molecule has 1 aliphatic heterocycles. The molecular formula is C36H41ClFN5O4S. The number of urea groups is 1. The molecule has 3 aromatic rings. The molecule has 3 aromatic carbocycles. The molecule has 12 heteroatoms. The zero-order chi connectivity index (χ0) is 34.9. The second-order valence-electron chi connectivity index (χ2n) is 13.6. The van der Waals surface area contributed by atoms with Crippen LogP contribution in [0.4, 0.5) is 14.9 Å². The standard InChI is InChI=1S/C36H41ClFN5O4S/c1-34(2,3)48(46)42-35(17-16-23-8-9-23,26-7-5-6-24(18-26)21-39)27-12-15-30(38)31(19-27)41-32(44)36(25-10-13-28(37)14-11-25)20-29(47-4)22-43(36)33(40)45/h5-7,10-15,18-19,23,29,42H,8-9,16-17,20,22H2,1-4H3,(H2,40,45)(H,41,44). The quantitative estimate of drug-likeness (QED) is 0.197. The maximum absolute atomic E-state index is 15.8. The third-order valence-corrected chi connectivity index (χ3v) is 11.2. The Hall–Kier alpha value is -3.66. The van der Waals surface area contributed by atoms with Crippen LogP contribution in [0, 0.1) is 23.1 Å². The van der Waals surface area contributed by atoms with Crippen molar-refractivity contribution < 1.29 is 23.3 Å². The number of nitrogens with zero attached hydrogens (tertiary/aromatic N) is 2. The Bertz CT molecular complexity index is 1710. The summed E-state index contributed by atoms with van der Waals surface area (Å²) in [4.78, 5) is 28.5. The van der Waals surface area contributed by atoms with E-state index in [1.165, 1.54) is 18.1 Å². The van der Waals surface area contributed by atoms with Crippen LogP contribution in [-0.2, 0) is 32.0 Å². The zero-order valence-corrected chi connectivity index (χ0v) is 29.1. The predicted molar refractivity (Wildman–Crippen MR) is 185 cm³/mol. The molecule has 0 spiro atoms. The van der Waals surface area contributed by atoms with Gasteiger partial charge in [0.1, 0.15) is 16.1 Å². The number of anilines is 1. The molecule has 1 saturated carbocycles.